The smallest absolute Gasteiger partial charge is 0.111 e. The minimum Gasteiger partial charge on any atom is -0.385 e. The number of aliphatic imine (C=N–C) groups is 1. The topological polar surface area (TPSA) is 59.6 Å². The lowest BCUT2D eigenvalue weighted by molar-refractivity contribution is 0.196. The van der Waals surface area contributed by atoms with E-state index in [0.29, 0.717) is 6.04 Å². The average Bonchev–Trinajstić information content (AvgIpc) is 2.02. The van der Waals surface area contributed by atoms with E-state index in [4.69, 9.17) is 10.6 Å². The Balaban J connectivity index is 3.67. The molecule has 0 atom stereocenters. The van der Waals surface area contributed by atoms with Crippen molar-refractivity contribution in [3.8, 4) is 0 Å². The van der Waals surface area contributed by atoms with E-state index in [2.05, 4.69) is 10.4 Å². The molecule has 0 aromatic rings. The molecule has 0 heterocycles. The van der Waals surface area contributed by atoms with Crippen molar-refractivity contribution in [3.05, 3.63) is 0 Å². The van der Waals surface area contributed by atoms with Gasteiger partial charge in [0.2, 0.25) is 0 Å². The summed E-state index contributed by atoms with van der Waals surface area (Å²) in [5.41, 5.74) is 2.59. The Morgan fingerprint density at radius 2 is 2.25 bits per heavy atom. The summed E-state index contributed by atoms with van der Waals surface area (Å²) in [6, 6.07) is 0.290. The quantitative estimate of drug-likeness (QED) is 0.211. The maximum absolute atomic E-state index is 5.28. The Morgan fingerprint density at radius 1 is 1.58 bits per heavy atom. The third kappa shape index (κ3) is 6.12. The fraction of sp³-hybridized carbons (Fsp3) is 0.875. The predicted molar refractivity (Wildman–Crippen MR) is 51.0 cm³/mol. The first kappa shape index (κ1) is 11.4. The van der Waals surface area contributed by atoms with Gasteiger partial charge in [-0.15, -0.1) is 0 Å². The van der Waals surface area contributed by atoms with Crippen molar-refractivity contribution in [2.45, 2.75) is 32.7 Å². The molecule has 0 aliphatic rings. The zero-order valence-corrected chi connectivity index (χ0v) is 8.13. The minimum absolute atomic E-state index is 0.290. The van der Waals surface area contributed by atoms with Gasteiger partial charge in [-0.2, -0.15) is 0 Å². The van der Waals surface area contributed by atoms with Gasteiger partial charge in [-0.1, -0.05) is 0 Å². The van der Waals surface area contributed by atoms with Crippen molar-refractivity contribution in [1.29, 1.82) is 0 Å². The zero-order valence-electron chi connectivity index (χ0n) is 8.13. The summed E-state index contributed by atoms with van der Waals surface area (Å²) in [7, 11) is 1.69. The van der Waals surface area contributed by atoms with Gasteiger partial charge in [-0.25, -0.2) is 5.84 Å². The highest BCUT2D eigenvalue weighted by Crippen LogP contribution is 1.94. The highest BCUT2D eigenvalue weighted by Gasteiger charge is 1.97. The molecule has 0 aromatic heterocycles. The van der Waals surface area contributed by atoms with E-state index in [0.717, 1.165) is 25.3 Å². The Labute approximate surface area is 74.2 Å². The number of nitrogens with two attached hydrogens (primary N) is 1. The van der Waals surface area contributed by atoms with Crippen LogP contribution in [0, 0.1) is 0 Å². The Bertz CT molecular complexity index is 134. The van der Waals surface area contributed by atoms with Crippen LogP contribution >= 0.6 is 0 Å². The summed E-state index contributed by atoms with van der Waals surface area (Å²) < 4.78 is 4.92. The summed E-state index contributed by atoms with van der Waals surface area (Å²) >= 11 is 0. The van der Waals surface area contributed by atoms with E-state index in [9.17, 15) is 0 Å². The summed E-state index contributed by atoms with van der Waals surface area (Å²) in [4.78, 5) is 4.29. The molecule has 0 bridgehead atoms. The molecule has 4 nitrogen and oxygen atoms in total. The molecule has 0 radical (unpaired) electrons. The number of ether oxygens (including phenoxy) is 1. The Kier molecular flexibility index (Phi) is 6.70. The third-order valence-electron chi connectivity index (χ3n) is 1.34. The first-order chi connectivity index (χ1) is 5.70. The van der Waals surface area contributed by atoms with Crippen LogP contribution in [0.1, 0.15) is 26.7 Å². The maximum Gasteiger partial charge on any atom is 0.111 e. The second-order valence-corrected chi connectivity index (χ2v) is 2.91. The first-order valence-corrected chi connectivity index (χ1v) is 4.23. The van der Waals surface area contributed by atoms with Gasteiger partial charge in [0.25, 0.3) is 0 Å². The number of methoxy groups -OCH3 is 1. The molecule has 0 rings (SSSR count). The molecule has 0 spiro atoms. The zero-order chi connectivity index (χ0) is 9.40. The summed E-state index contributed by atoms with van der Waals surface area (Å²) in [6.07, 6.45) is 1.80. The Hall–Kier alpha value is -0.610. The van der Waals surface area contributed by atoms with E-state index in [1.165, 1.54) is 0 Å². The maximum atomic E-state index is 5.28. The fourth-order valence-corrected chi connectivity index (χ4v) is 0.870. The fourth-order valence-electron chi connectivity index (χ4n) is 0.870. The number of nitrogens with one attached hydrogen (secondary N) is 1. The highest BCUT2D eigenvalue weighted by atomic mass is 16.5. The molecular formula is C8H19N3O. The Morgan fingerprint density at radius 3 is 2.67 bits per heavy atom. The van der Waals surface area contributed by atoms with Gasteiger partial charge in [0.05, 0.1) is 0 Å². The summed E-state index contributed by atoms with van der Waals surface area (Å²) in [5.74, 6) is 6.13. The second kappa shape index (κ2) is 7.06. The van der Waals surface area contributed by atoms with Crippen molar-refractivity contribution in [2.24, 2.45) is 10.8 Å². The molecule has 72 valence electrons. The lowest BCUT2D eigenvalue weighted by Gasteiger charge is -2.06. The largest absolute Gasteiger partial charge is 0.385 e. The first-order valence-electron chi connectivity index (χ1n) is 4.23. The van der Waals surface area contributed by atoms with Crippen LogP contribution in [0.3, 0.4) is 0 Å². The molecule has 0 unspecified atom stereocenters. The summed E-state index contributed by atoms with van der Waals surface area (Å²) in [5, 5.41) is 0. The lowest BCUT2D eigenvalue weighted by Crippen LogP contribution is -2.31. The molecule has 0 aliphatic carbocycles. The van der Waals surface area contributed by atoms with Gasteiger partial charge in [-0.3, -0.25) is 4.99 Å². The standard InChI is InChI=1S/C8H19N3O/c1-7(2)10-8(11-9)5-4-6-12-3/h7H,4-6,9H2,1-3H3,(H,10,11). The second-order valence-electron chi connectivity index (χ2n) is 2.91. The van der Waals surface area contributed by atoms with Gasteiger partial charge in [0.1, 0.15) is 5.84 Å². The van der Waals surface area contributed by atoms with Crippen LogP contribution in [-0.2, 0) is 4.74 Å². The minimum atomic E-state index is 0.290. The number of hydrogen-bond donors (Lipinski definition) is 2. The SMILES string of the molecule is COCCCC(=NC(C)C)NN. The van der Waals surface area contributed by atoms with Crippen LogP contribution in [0.5, 0.6) is 0 Å². The monoisotopic (exact) mass is 173 g/mol. The van der Waals surface area contributed by atoms with E-state index in [-0.39, 0.29) is 0 Å². The van der Waals surface area contributed by atoms with Crippen molar-refractivity contribution in [1.82, 2.24) is 5.43 Å². The summed E-state index contributed by atoms with van der Waals surface area (Å²) in [6.45, 7) is 4.79. The molecule has 0 saturated carbocycles. The van der Waals surface area contributed by atoms with Gasteiger partial charge < -0.3 is 10.2 Å². The van der Waals surface area contributed by atoms with Crippen LogP contribution in [0.25, 0.3) is 0 Å². The van der Waals surface area contributed by atoms with Crippen molar-refractivity contribution in [2.75, 3.05) is 13.7 Å². The van der Waals surface area contributed by atoms with E-state index < -0.39 is 0 Å². The van der Waals surface area contributed by atoms with E-state index >= 15 is 0 Å². The molecule has 0 saturated heterocycles. The van der Waals surface area contributed by atoms with Crippen molar-refractivity contribution in [3.63, 3.8) is 0 Å². The number of amidine groups is 1. The molecule has 0 amide bonds. The van der Waals surface area contributed by atoms with E-state index in [1.54, 1.807) is 7.11 Å². The molecule has 0 aromatic carbocycles. The van der Waals surface area contributed by atoms with Crippen LogP contribution in [0.4, 0.5) is 0 Å². The van der Waals surface area contributed by atoms with Crippen LogP contribution < -0.4 is 11.3 Å². The van der Waals surface area contributed by atoms with Gasteiger partial charge >= 0.3 is 0 Å². The van der Waals surface area contributed by atoms with Gasteiger partial charge in [-0.05, 0) is 20.3 Å². The highest BCUT2D eigenvalue weighted by molar-refractivity contribution is 5.81. The molecule has 12 heavy (non-hydrogen) atoms. The van der Waals surface area contributed by atoms with Gasteiger partial charge in [0.15, 0.2) is 0 Å². The molecular weight excluding hydrogens is 154 g/mol. The number of hydrazine groups is 1. The molecule has 0 fully saturated rings. The normalized spacial score (nSPS) is 12.2. The number of rotatable bonds is 5. The molecule has 4 heteroatoms. The lowest BCUT2D eigenvalue weighted by atomic mass is 10.3. The average molecular weight is 173 g/mol. The molecule has 3 N–H and O–H groups in total. The molecule has 0 aliphatic heterocycles. The predicted octanol–water partition coefficient (Wildman–Crippen LogP) is 0.683. The number of nitrogens with zero attached hydrogens (tertiary/aromatic N) is 1. The van der Waals surface area contributed by atoms with Crippen molar-refractivity contribution < 1.29 is 4.74 Å². The van der Waals surface area contributed by atoms with Crippen LogP contribution in [-0.4, -0.2) is 25.6 Å². The number of hydrogen-bond acceptors (Lipinski definition) is 3. The van der Waals surface area contributed by atoms with Crippen LogP contribution in [0.2, 0.25) is 0 Å². The van der Waals surface area contributed by atoms with E-state index in [1.807, 2.05) is 13.8 Å². The van der Waals surface area contributed by atoms with Crippen molar-refractivity contribution >= 4 is 5.84 Å². The van der Waals surface area contributed by atoms with Gasteiger partial charge in [0, 0.05) is 26.2 Å². The third-order valence-corrected chi connectivity index (χ3v) is 1.34. The van der Waals surface area contributed by atoms with Crippen LogP contribution in [0.15, 0.2) is 4.99 Å².